The van der Waals surface area contributed by atoms with E-state index in [1.54, 1.807) is 10.9 Å². The summed E-state index contributed by atoms with van der Waals surface area (Å²) in [6, 6.07) is 10.3. The Kier molecular flexibility index (Phi) is 3.41. The molecule has 0 aliphatic heterocycles. The molecule has 5 heteroatoms. The van der Waals surface area contributed by atoms with Crippen molar-refractivity contribution in [1.29, 1.82) is 0 Å². The first-order chi connectivity index (χ1) is 9.81. The van der Waals surface area contributed by atoms with Crippen LogP contribution in [0.5, 0.6) is 0 Å². The average Bonchev–Trinajstić information content (AvgIpc) is 2.93. The van der Waals surface area contributed by atoms with Gasteiger partial charge >= 0.3 is 0 Å². The van der Waals surface area contributed by atoms with Gasteiger partial charge in [-0.1, -0.05) is 24.3 Å². The number of anilines is 1. The van der Waals surface area contributed by atoms with E-state index in [4.69, 9.17) is 0 Å². The molecule has 2 heterocycles. The number of rotatable bonds is 4. The first kappa shape index (κ1) is 12.3. The molecular weight excluding hydrogens is 250 g/mol. The highest BCUT2D eigenvalue weighted by atomic mass is 15.2. The third-order valence-corrected chi connectivity index (χ3v) is 3.05. The van der Waals surface area contributed by atoms with Gasteiger partial charge in [0.1, 0.15) is 12.1 Å². The average molecular weight is 265 g/mol. The Bertz CT molecular complexity index is 673. The molecular formula is C15H15N5. The summed E-state index contributed by atoms with van der Waals surface area (Å²) in [4.78, 5) is 8.02. The van der Waals surface area contributed by atoms with Crippen molar-refractivity contribution in [2.75, 3.05) is 5.32 Å². The van der Waals surface area contributed by atoms with Gasteiger partial charge < -0.3 is 5.32 Å². The van der Waals surface area contributed by atoms with Gasteiger partial charge in [-0.2, -0.15) is 5.10 Å². The Morgan fingerprint density at radius 2 is 1.95 bits per heavy atom. The number of benzene rings is 1. The summed E-state index contributed by atoms with van der Waals surface area (Å²) < 4.78 is 1.81. The van der Waals surface area contributed by atoms with E-state index in [1.807, 2.05) is 25.5 Å². The summed E-state index contributed by atoms with van der Waals surface area (Å²) in [7, 11) is 1.92. The van der Waals surface area contributed by atoms with E-state index in [1.165, 1.54) is 17.5 Å². The molecule has 100 valence electrons. The van der Waals surface area contributed by atoms with Crippen LogP contribution in [0, 0.1) is 0 Å². The van der Waals surface area contributed by atoms with Crippen molar-refractivity contribution in [2.24, 2.45) is 7.05 Å². The SMILES string of the molecule is Cn1cc(-c2ccc(CNc3ccncn3)cc2)cn1. The minimum absolute atomic E-state index is 0.740. The van der Waals surface area contributed by atoms with E-state index in [0.29, 0.717) is 0 Å². The normalized spacial score (nSPS) is 10.4. The maximum atomic E-state index is 4.18. The van der Waals surface area contributed by atoms with Crippen molar-refractivity contribution < 1.29 is 0 Å². The molecule has 0 fully saturated rings. The highest BCUT2D eigenvalue weighted by Gasteiger charge is 2.00. The van der Waals surface area contributed by atoms with Gasteiger partial charge in [-0.15, -0.1) is 0 Å². The number of nitrogens with one attached hydrogen (secondary N) is 1. The van der Waals surface area contributed by atoms with Crippen LogP contribution in [0.2, 0.25) is 0 Å². The largest absolute Gasteiger partial charge is 0.366 e. The van der Waals surface area contributed by atoms with Crippen molar-refractivity contribution in [3.05, 3.63) is 60.8 Å². The molecule has 0 amide bonds. The molecule has 0 aliphatic carbocycles. The van der Waals surface area contributed by atoms with Crippen molar-refractivity contribution >= 4 is 5.82 Å². The van der Waals surface area contributed by atoms with Crippen LogP contribution in [0.4, 0.5) is 5.82 Å². The van der Waals surface area contributed by atoms with Gasteiger partial charge in [0.15, 0.2) is 0 Å². The van der Waals surface area contributed by atoms with E-state index in [9.17, 15) is 0 Å². The predicted molar refractivity (Wildman–Crippen MR) is 78.0 cm³/mol. The maximum Gasteiger partial charge on any atom is 0.129 e. The molecule has 3 aromatic rings. The van der Waals surface area contributed by atoms with Crippen LogP contribution in [0.1, 0.15) is 5.56 Å². The lowest BCUT2D eigenvalue weighted by atomic mass is 10.1. The standard InChI is InChI=1S/C15H15N5/c1-20-10-14(9-19-20)13-4-2-12(3-5-13)8-17-15-6-7-16-11-18-15/h2-7,9-11H,8H2,1H3,(H,16,17,18). The van der Waals surface area contributed by atoms with Gasteiger partial charge in [0.25, 0.3) is 0 Å². The second-order valence-electron chi connectivity index (χ2n) is 4.55. The summed E-state index contributed by atoms with van der Waals surface area (Å²) in [5, 5.41) is 7.44. The van der Waals surface area contributed by atoms with Crippen LogP contribution in [-0.2, 0) is 13.6 Å². The van der Waals surface area contributed by atoms with Crippen molar-refractivity contribution in [3.8, 4) is 11.1 Å². The predicted octanol–water partition coefficient (Wildman–Crippen LogP) is 2.49. The summed E-state index contributed by atoms with van der Waals surface area (Å²) >= 11 is 0. The molecule has 0 radical (unpaired) electrons. The first-order valence-electron chi connectivity index (χ1n) is 6.39. The van der Waals surface area contributed by atoms with E-state index in [2.05, 4.69) is 44.6 Å². The highest BCUT2D eigenvalue weighted by molar-refractivity contribution is 5.61. The molecule has 0 aliphatic rings. The Labute approximate surface area is 117 Å². The summed E-state index contributed by atoms with van der Waals surface area (Å²) in [6.45, 7) is 0.740. The first-order valence-corrected chi connectivity index (χ1v) is 6.39. The molecule has 0 spiro atoms. The zero-order chi connectivity index (χ0) is 13.8. The molecule has 0 atom stereocenters. The Morgan fingerprint density at radius 3 is 2.60 bits per heavy atom. The topological polar surface area (TPSA) is 55.6 Å². The summed E-state index contributed by atoms with van der Waals surface area (Å²) in [5.41, 5.74) is 3.50. The minimum atomic E-state index is 0.740. The van der Waals surface area contributed by atoms with Crippen LogP contribution in [-0.4, -0.2) is 19.7 Å². The number of nitrogens with zero attached hydrogens (tertiary/aromatic N) is 4. The molecule has 0 saturated heterocycles. The highest BCUT2D eigenvalue weighted by Crippen LogP contribution is 2.19. The van der Waals surface area contributed by atoms with E-state index < -0.39 is 0 Å². The molecule has 0 saturated carbocycles. The molecule has 1 aromatic carbocycles. The fourth-order valence-electron chi connectivity index (χ4n) is 1.97. The molecule has 3 rings (SSSR count). The summed E-state index contributed by atoms with van der Waals surface area (Å²) in [5.74, 6) is 0.830. The lowest BCUT2D eigenvalue weighted by Gasteiger charge is -2.05. The van der Waals surface area contributed by atoms with Crippen LogP contribution in [0.3, 0.4) is 0 Å². The Balaban J connectivity index is 1.67. The van der Waals surface area contributed by atoms with Gasteiger partial charge in [0.2, 0.25) is 0 Å². The monoisotopic (exact) mass is 265 g/mol. The van der Waals surface area contributed by atoms with Crippen LogP contribution < -0.4 is 5.32 Å². The van der Waals surface area contributed by atoms with Crippen molar-refractivity contribution in [1.82, 2.24) is 19.7 Å². The fourth-order valence-corrected chi connectivity index (χ4v) is 1.97. The van der Waals surface area contributed by atoms with Gasteiger partial charge in [-0.3, -0.25) is 4.68 Å². The van der Waals surface area contributed by atoms with Crippen LogP contribution in [0.25, 0.3) is 11.1 Å². The van der Waals surface area contributed by atoms with Gasteiger partial charge in [-0.25, -0.2) is 9.97 Å². The molecule has 1 N–H and O–H groups in total. The van der Waals surface area contributed by atoms with E-state index >= 15 is 0 Å². The maximum absolute atomic E-state index is 4.18. The second-order valence-corrected chi connectivity index (χ2v) is 4.55. The van der Waals surface area contributed by atoms with E-state index in [0.717, 1.165) is 17.9 Å². The van der Waals surface area contributed by atoms with Crippen molar-refractivity contribution in [2.45, 2.75) is 6.54 Å². The molecule has 20 heavy (non-hydrogen) atoms. The zero-order valence-corrected chi connectivity index (χ0v) is 11.2. The number of hydrogen-bond acceptors (Lipinski definition) is 4. The zero-order valence-electron chi connectivity index (χ0n) is 11.2. The number of aromatic nitrogens is 4. The number of hydrogen-bond donors (Lipinski definition) is 1. The fraction of sp³-hybridized carbons (Fsp3) is 0.133. The Hall–Kier alpha value is -2.69. The third kappa shape index (κ3) is 2.83. The third-order valence-electron chi connectivity index (χ3n) is 3.05. The summed E-state index contributed by atoms with van der Waals surface area (Å²) in [6.07, 6.45) is 7.14. The lowest BCUT2D eigenvalue weighted by Crippen LogP contribution is -2.00. The van der Waals surface area contributed by atoms with Gasteiger partial charge in [0.05, 0.1) is 6.20 Å². The quantitative estimate of drug-likeness (QED) is 0.787. The second kappa shape index (κ2) is 5.52. The Morgan fingerprint density at radius 1 is 1.10 bits per heavy atom. The number of aryl methyl sites for hydroxylation is 1. The lowest BCUT2D eigenvalue weighted by molar-refractivity contribution is 0.768. The van der Waals surface area contributed by atoms with E-state index in [-0.39, 0.29) is 0 Å². The molecule has 0 bridgehead atoms. The van der Waals surface area contributed by atoms with Crippen LogP contribution >= 0.6 is 0 Å². The minimum Gasteiger partial charge on any atom is -0.366 e. The smallest absolute Gasteiger partial charge is 0.129 e. The molecule has 5 nitrogen and oxygen atoms in total. The molecule has 0 unspecified atom stereocenters. The molecule has 2 aromatic heterocycles. The van der Waals surface area contributed by atoms with Crippen LogP contribution in [0.15, 0.2) is 55.2 Å². The van der Waals surface area contributed by atoms with Gasteiger partial charge in [-0.05, 0) is 17.2 Å². The van der Waals surface area contributed by atoms with Gasteiger partial charge in [0, 0.05) is 31.5 Å². The van der Waals surface area contributed by atoms with Crippen molar-refractivity contribution in [3.63, 3.8) is 0 Å².